The van der Waals surface area contributed by atoms with E-state index in [1.54, 1.807) is 29.2 Å². The van der Waals surface area contributed by atoms with Gasteiger partial charge in [-0.15, -0.1) is 0 Å². The van der Waals surface area contributed by atoms with Crippen molar-refractivity contribution in [1.82, 2.24) is 0 Å². The van der Waals surface area contributed by atoms with Gasteiger partial charge in [0, 0.05) is 36.0 Å². The minimum absolute atomic E-state index is 0.0523. The van der Waals surface area contributed by atoms with Crippen LogP contribution in [0.4, 0.5) is 11.4 Å². The minimum Gasteiger partial charge on any atom is -0.495 e. The van der Waals surface area contributed by atoms with E-state index >= 15 is 0 Å². The van der Waals surface area contributed by atoms with Crippen LogP contribution in [0.15, 0.2) is 63.9 Å². The largest absolute Gasteiger partial charge is 0.495 e. The number of aryl methyl sites for hydroxylation is 1. The maximum atomic E-state index is 13.2. The van der Waals surface area contributed by atoms with E-state index in [9.17, 15) is 13.2 Å². The molecular weight excluding hydrogens is 428 g/mol. The van der Waals surface area contributed by atoms with Crippen molar-refractivity contribution in [1.29, 1.82) is 0 Å². The number of furan rings is 1. The Labute approximate surface area is 185 Å². The van der Waals surface area contributed by atoms with Crippen molar-refractivity contribution in [2.24, 2.45) is 0 Å². The van der Waals surface area contributed by atoms with E-state index in [1.807, 2.05) is 24.3 Å². The van der Waals surface area contributed by atoms with Crippen LogP contribution in [0.2, 0.25) is 0 Å². The Morgan fingerprint density at radius 3 is 2.66 bits per heavy atom. The third-order valence-corrected chi connectivity index (χ3v) is 7.17. The molecule has 1 N–H and O–H groups in total. The highest BCUT2D eigenvalue weighted by Gasteiger charge is 2.24. The Balaban J connectivity index is 1.54. The summed E-state index contributed by atoms with van der Waals surface area (Å²) in [4.78, 5) is 13.7. The molecule has 1 aliphatic rings. The van der Waals surface area contributed by atoms with Crippen molar-refractivity contribution in [3.05, 3.63) is 60.2 Å². The van der Waals surface area contributed by atoms with Gasteiger partial charge in [-0.25, -0.2) is 8.42 Å². The van der Waals surface area contributed by atoms with Gasteiger partial charge in [-0.3, -0.25) is 9.52 Å². The second kappa shape index (κ2) is 7.56. The van der Waals surface area contributed by atoms with Crippen LogP contribution < -0.4 is 14.4 Å². The molecule has 0 saturated heterocycles. The number of nitrogens with zero attached hydrogens (tertiary/aromatic N) is 1. The molecule has 5 rings (SSSR count). The molecule has 0 fully saturated rings. The topological polar surface area (TPSA) is 88.9 Å². The Kier molecular flexibility index (Phi) is 4.82. The molecule has 0 saturated carbocycles. The second-order valence-corrected chi connectivity index (χ2v) is 9.50. The number of amides is 1. The van der Waals surface area contributed by atoms with Gasteiger partial charge in [-0.05, 0) is 48.7 Å². The highest BCUT2D eigenvalue weighted by molar-refractivity contribution is 7.92. The molecule has 8 heteroatoms. The molecule has 2 heterocycles. The molecule has 32 heavy (non-hydrogen) atoms. The number of benzene rings is 3. The number of methoxy groups -OCH3 is 1. The number of rotatable bonds is 4. The Hall–Kier alpha value is -3.52. The number of carbonyl (C=O) groups excluding carboxylic acids is 1. The monoisotopic (exact) mass is 450 g/mol. The van der Waals surface area contributed by atoms with Crippen molar-refractivity contribution < 1.29 is 22.4 Å². The number of hydrogen-bond donors (Lipinski definition) is 1. The summed E-state index contributed by atoms with van der Waals surface area (Å²) < 4.78 is 40.4. The van der Waals surface area contributed by atoms with Crippen LogP contribution in [0.1, 0.15) is 18.9 Å². The summed E-state index contributed by atoms with van der Waals surface area (Å²) in [6.45, 7) is 2.16. The van der Waals surface area contributed by atoms with Crippen LogP contribution in [0.5, 0.6) is 5.75 Å². The Morgan fingerprint density at radius 1 is 1.06 bits per heavy atom. The number of fused-ring (bicyclic) bond motifs is 4. The number of sulfonamides is 1. The smallest absolute Gasteiger partial charge is 0.262 e. The van der Waals surface area contributed by atoms with Crippen LogP contribution >= 0.6 is 0 Å². The van der Waals surface area contributed by atoms with Gasteiger partial charge in [-0.2, -0.15) is 0 Å². The molecular formula is C24H22N2O5S. The Morgan fingerprint density at radius 2 is 1.88 bits per heavy atom. The van der Waals surface area contributed by atoms with Gasteiger partial charge in [-0.1, -0.05) is 18.2 Å². The molecule has 1 amide bonds. The third-order valence-electron chi connectivity index (χ3n) is 5.80. The lowest BCUT2D eigenvalue weighted by Gasteiger charge is -2.28. The number of para-hydroxylation sites is 1. The zero-order chi connectivity index (χ0) is 22.5. The van der Waals surface area contributed by atoms with E-state index in [1.165, 1.54) is 20.1 Å². The first-order chi connectivity index (χ1) is 15.4. The summed E-state index contributed by atoms with van der Waals surface area (Å²) in [6.07, 6.45) is 1.51. The van der Waals surface area contributed by atoms with E-state index < -0.39 is 10.0 Å². The average molecular weight is 451 g/mol. The number of nitrogens with one attached hydrogen (secondary N) is 1. The van der Waals surface area contributed by atoms with Crippen LogP contribution in [-0.4, -0.2) is 28.0 Å². The molecule has 0 spiro atoms. The van der Waals surface area contributed by atoms with Gasteiger partial charge >= 0.3 is 0 Å². The van der Waals surface area contributed by atoms with E-state index in [0.717, 1.165) is 34.9 Å². The zero-order valence-corrected chi connectivity index (χ0v) is 18.5. The van der Waals surface area contributed by atoms with Crippen LogP contribution in [0, 0.1) is 0 Å². The molecule has 1 aliphatic heterocycles. The number of carbonyl (C=O) groups is 1. The van der Waals surface area contributed by atoms with Gasteiger partial charge in [0.15, 0.2) is 0 Å². The lowest BCUT2D eigenvalue weighted by molar-refractivity contribution is -0.116. The number of anilines is 2. The van der Waals surface area contributed by atoms with Crippen LogP contribution in [-0.2, 0) is 21.2 Å². The first-order valence-corrected chi connectivity index (χ1v) is 11.8. The van der Waals surface area contributed by atoms with Crippen molar-refractivity contribution in [3.8, 4) is 5.75 Å². The van der Waals surface area contributed by atoms with Crippen LogP contribution in [0.3, 0.4) is 0 Å². The van der Waals surface area contributed by atoms with Gasteiger partial charge in [0.05, 0.1) is 17.7 Å². The molecule has 1 aromatic heterocycles. The molecule has 0 bridgehead atoms. The fraction of sp³-hybridized carbons (Fsp3) is 0.208. The van der Waals surface area contributed by atoms with E-state index in [2.05, 4.69) is 4.72 Å². The quantitative estimate of drug-likeness (QED) is 0.487. The summed E-state index contributed by atoms with van der Waals surface area (Å²) in [6, 6.07) is 15.9. The molecule has 3 aromatic carbocycles. The number of ether oxygens (including phenoxy) is 1. The van der Waals surface area contributed by atoms with Gasteiger partial charge in [0.25, 0.3) is 10.0 Å². The predicted octanol–water partition coefficient (Wildman–Crippen LogP) is 4.69. The molecule has 0 unspecified atom stereocenters. The van der Waals surface area contributed by atoms with Gasteiger partial charge < -0.3 is 14.1 Å². The standard InChI is InChI=1S/C24H22N2O5S/c1-15(27)26-11-5-6-16-12-17(9-10-21(16)26)32(28,29)25-20-14-23-19(13-24(20)30-2)18-7-3-4-8-22(18)31-23/h3-4,7-10,12-14,25H,5-6,11H2,1-2H3. The van der Waals surface area contributed by atoms with Crippen molar-refractivity contribution in [3.63, 3.8) is 0 Å². The van der Waals surface area contributed by atoms with Crippen molar-refractivity contribution in [2.45, 2.75) is 24.7 Å². The lowest BCUT2D eigenvalue weighted by Crippen LogP contribution is -2.33. The second-order valence-electron chi connectivity index (χ2n) is 7.82. The van der Waals surface area contributed by atoms with Gasteiger partial charge in [0.1, 0.15) is 16.9 Å². The summed E-state index contributed by atoms with van der Waals surface area (Å²) in [7, 11) is -2.39. The maximum absolute atomic E-state index is 13.2. The van der Waals surface area contributed by atoms with E-state index in [-0.39, 0.29) is 10.8 Å². The zero-order valence-electron chi connectivity index (χ0n) is 17.7. The average Bonchev–Trinajstić information content (AvgIpc) is 3.14. The fourth-order valence-corrected chi connectivity index (χ4v) is 5.38. The van der Waals surface area contributed by atoms with Gasteiger partial charge in [0.2, 0.25) is 5.91 Å². The summed E-state index contributed by atoms with van der Waals surface area (Å²) in [5.41, 5.74) is 3.18. The maximum Gasteiger partial charge on any atom is 0.262 e. The summed E-state index contributed by atoms with van der Waals surface area (Å²) in [5, 5.41) is 1.78. The molecule has 0 aliphatic carbocycles. The summed E-state index contributed by atoms with van der Waals surface area (Å²) in [5.74, 6) is 0.344. The fourth-order valence-electron chi connectivity index (χ4n) is 4.27. The molecule has 0 atom stereocenters. The Bertz CT molecular complexity index is 1470. The van der Waals surface area contributed by atoms with E-state index in [0.29, 0.717) is 29.1 Å². The minimum atomic E-state index is -3.89. The summed E-state index contributed by atoms with van der Waals surface area (Å²) >= 11 is 0. The SMILES string of the molecule is COc1cc2c(cc1NS(=O)(=O)c1ccc3c(c1)CCCN3C(C)=O)oc1ccccc12. The van der Waals surface area contributed by atoms with E-state index in [4.69, 9.17) is 9.15 Å². The highest BCUT2D eigenvalue weighted by Crippen LogP contribution is 2.37. The highest BCUT2D eigenvalue weighted by atomic mass is 32.2. The normalized spacial score (nSPS) is 13.9. The molecule has 7 nitrogen and oxygen atoms in total. The third kappa shape index (κ3) is 3.36. The predicted molar refractivity (Wildman–Crippen MR) is 124 cm³/mol. The molecule has 164 valence electrons. The first-order valence-electron chi connectivity index (χ1n) is 10.3. The van der Waals surface area contributed by atoms with Crippen molar-refractivity contribution >= 4 is 49.2 Å². The van der Waals surface area contributed by atoms with Crippen LogP contribution in [0.25, 0.3) is 21.9 Å². The van der Waals surface area contributed by atoms with Crippen molar-refractivity contribution in [2.75, 3.05) is 23.3 Å². The number of hydrogen-bond acceptors (Lipinski definition) is 5. The molecule has 0 radical (unpaired) electrons. The first kappa shape index (κ1) is 20.4. The molecule has 4 aromatic rings. The lowest BCUT2D eigenvalue weighted by atomic mass is 10.0.